The van der Waals surface area contributed by atoms with Gasteiger partial charge in [0.2, 0.25) is 0 Å². The number of benzene rings is 1. The number of thioether (sulfide) groups is 2. The van der Waals surface area contributed by atoms with E-state index in [9.17, 15) is 4.79 Å². The summed E-state index contributed by atoms with van der Waals surface area (Å²) in [7, 11) is 3.14. The maximum atomic E-state index is 11.3. The van der Waals surface area contributed by atoms with E-state index in [-0.39, 0.29) is 5.97 Å². The first-order valence-corrected chi connectivity index (χ1v) is 9.15. The van der Waals surface area contributed by atoms with Gasteiger partial charge in [-0.3, -0.25) is 4.79 Å². The first-order chi connectivity index (χ1) is 10.2. The highest BCUT2D eigenvalue weighted by Gasteiger charge is 2.27. The zero-order chi connectivity index (χ0) is 15.1. The molecule has 2 unspecified atom stereocenters. The van der Waals surface area contributed by atoms with Crippen LogP contribution in [0.2, 0.25) is 0 Å². The summed E-state index contributed by atoms with van der Waals surface area (Å²) in [6, 6.07) is 8.21. The maximum absolute atomic E-state index is 11.3. The topological polar surface area (TPSA) is 35.5 Å². The fraction of sp³-hybridized carbons (Fsp3) is 0.562. The van der Waals surface area contributed by atoms with Gasteiger partial charge in [-0.1, -0.05) is 18.9 Å². The summed E-state index contributed by atoms with van der Waals surface area (Å²) in [5.74, 6) is 1.22. The van der Waals surface area contributed by atoms with Gasteiger partial charge in [0.25, 0.3) is 0 Å². The Bertz CT molecular complexity index is 465. The summed E-state index contributed by atoms with van der Waals surface area (Å²) in [6.07, 6.45) is 4.93. The zero-order valence-corrected chi connectivity index (χ0v) is 14.2. The van der Waals surface area contributed by atoms with Crippen LogP contribution in [0.25, 0.3) is 0 Å². The highest BCUT2D eigenvalue weighted by Crippen LogP contribution is 2.40. The van der Waals surface area contributed by atoms with Crippen LogP contribution in [0.3, 0.4) is 0 Å². The minimum absolute atomic E-state index is 0.129. The van der Waals surface area contributed by atoms with Crippen LogP contribution in [0.15, 0.2) is 29.2 Å². The molecule has 116 valence electrons. The fourth-order valence-electron chi connectivity index (χ4n) is 2.47. The molecule has 1 aromatic carbocycles. The number of hydrogen-bond donors (Lipinski definition) is 0. The van der Waals surface area contributed by atoms with E-state index >= 15 is 0 Å². The smallest absolute Gasteiger partial charge is 0.315 e. The number of carbonyl (C=O) groups excluding carboxylic acids is 1. The molecule has 1 fully saturated rings. The molecule has 1 aromatic rings. The van der Waals surface area contributed by atoms with E-state index in [1.54, 1.807) is 18.9 Å². The van der Waals surface area contributed by atoms with Crippen LogP contribution in [-0.2, 0) is 9.53 Å². The van der Waals surface area contributed by atoms with Crippen molar-refractivity contribution in [1.29, 1.82) is 0 Å². The predicted octanol–water partition coefficient (Wildman–Crippen LogP) is 4.00. The molecular weight excluding hydrogens is 304 g/mol. The van der Waals surface area contributed by atoms with Crippen LogP contribution in [0.1, 0.15) is 25.7 Å². The number of rotatable bonds is 6. The lowest BCUT2D eigenvalue weighted by Gasteiger charge is -2.30. The molecule has 1 aliphatic rings. The Morgan fingerprint density at radius 1 is 1.24 bits per heavy atom. The van der Waals surface area contributed by atoms with Crippen LogP contribution in [0.5, 0.6) is 5.75 Å². The molecule has 21 heavy (non-hydrogen) atoms. The van der Waals surface area contributed by atoms with Crippen molar-refractivity contribution in [2.45, 2.75) is 41.1 Å². The second kappa shape index (κ2) is 8.59. The quantitative estimate of drug-likeness (QED) is 0.738. The Hall–Kier alpha value is -0.810. The Balaban J connectivity index is 1.96. The van der Waals surface area contributed by atoms with Gasteiger partial charge in [-0.2, -0.15) is 0 Å². The lowest BCUT2D eigenvalue weighted by atomic mass is 10.00. The minimum Gasteiger partial charge on any atom is -0.497 e. The van der Waals surface area contributed by atoms with E-state index in [1.165, 1.54) is 37.7 Å². The third-order valence-electron chi connectivity index (χ3n) is 3.61. The second-order valence-corrected chi connectivity index (χ2v) is 7.59. The lowest BCUT2D eigenvalue weighted by Crippen LogP contribution is -2.25. The molecule has 2 rings (SSSR count). The Morgan fingerprint density at radius 2 is 2.00 bits per heavy atom. The van der Waals surface area contributed by atoms with Crippen molar-refractivity contribution in [3.05, 3.63) is 24.3 Å². The maximum Gasteiger partial charge on any atom is 0.315 e. The highest BCUT2D eigenvalue weighted by molar-refractivity contribution is 8.04. The molecule has 0 amide bonds. The molecule has 0 bridgehead atoms. The van der Waals surface area contributed by atoms with Crippen LogP contribution in [-0.4, -0.2) is 36.4 Å². The van der Waals surface area contributed by atoms with Crippen molar-refractivity contribution in [2.24, 2.45) is 0 Å². The van der Waals surface area contributed by atoms with E-state index in [4.69, 9.17) is 9.47 Å². The number of esters is 1. The molecule has 1 aliphatic carbocycles. The second-order valence-electron chi connectivity index (χ2n) is 5.05. The third-order valence-corrected chi connectivity index (χ3v) is 6.57. The van der Waals surface area contributed by atoms with Crippen molar-refractivity contribution in [3.63, 3.8) is 0 Å². The van der Waals surface area contributed by atoms with Gasteiger partial charge >= 0.3 is 5.97 Å². The standard InChI is InChI=1S/C16H22O3S2/c1-18-12-6-5-7-13(10-12)21-15-9-4-3-8-14(15)20-11-16(17)19-2/h5-7,10,14-15H,3-4,8-9,11H2,1-2H3. The normalized spacial score (nSPS) is 21.8. The average molecular weight is 326 g/mol. The third kappa shape index (κ3) is 5.15. The van der Waals surface area contributed by atoms with Gasteiger partial charge in [-0.25, -0.2) is 0 Å². The van der Waals surface area contributed by atoms with Gasteiger partial charge in [0.15, 0.2) is 0 Å². The molecule has 0 aromatic heterocycles. The Kier molecular flexibility index (Phi) is 6.77. The summed E-state index contributed by atoms with van der Waals surface area (Å²) < 4.78 is 10.0. The van der Waals surface area contributed by atoms with Gasteiger partial charge in [0.1, 0.15) is 5.75 Å². The number of ether oxygens (including phenoxy) is 2. The molecule has 0 spiro atoms. The fourth-order valence-corrected chi connectivity index (χ4v) is 5.29. The molecule has 1 saturated carbocycles. The van der Waals surface area contributed by atoms with Gasteiger partial charge < -0.3 is 9.47 Å². The van der Waals surface area contributed by atoms with E-state index in [0.29, 0.717) is 16.3 Å². The Labute approximate surface area is 135 Å². The van der Waals surface area contributed by atoms with Crippen LogP contribution in [0, 0.1) is 0 Å². The van der Waals surface area contributed by atoms with E-state index < -0.39 is 0 Å². The van der Waals surface area contributed by atoms with Gasteiger partial charge in [-0.05, 0) is 31.0 Å². The monoisotopic (exact) mass is 326 g/mol. The Morgan fingerprint density at radius 3 is 2.71 bits per heavy atom. The van der Waals surface area contributed by atoms with Crippen LogP contribution in [0.4, 0.5) is 0 Å². The molecule has 0 radical (unpaired) electrons. The molecule has 0 heterocycles. The van der Waals surface area contributed by atoms with E-state index in [2.05, 4.69) is 12.1 Å². The average Bonchev–Trinajstić information content (AvgIpc) is 2.54. The highest BCUT2D eigenvalue weighted by atomic mass is 32.2. The molecule has 0 saturated heterocycles. The van der Waals surface area contributed by atoms with Crippen molar-refractivity contribution in [3.8, 4) is 5.75 Å². The first-order valence-electron chi connectivity index (χ1n) is 7.22. The van der Waals surface area contributed by atoms with E-state index in [1.807, 2.05) is 23.9 Å². The molecule has 3 nitrogen and oxygen atoms in total. The van der Waals surface area contributed by atoms with Crippen molar-refractivity contribution < 1.29 is 14.3 Å². The SMILES string of the molecule is COC(=O)CSC1CCCCC1Sc1cccc(OC)c1. The summed E-state index contributed by atoms with van der Waals surface area (Å²) in [4.78, 5) is 12.6. The summed E-state index contributed by atoms with van der Waals surface area (Å²) in [5.41, 5.74) is 0. The first kappa shape index (κ1) is 16.6. The predicted molar refractivity (Wildman–Crippen MR) is 89.4 cm³/mol. The van der Waals surface area contributed by atoms with Gasteiger partial charge in [0.05, 0.1) is 20.0 Å². The molecule has 0 N–H and O–H groups in total. The van der Waals surface area contributed by atoms with Crippen molar-refractivity contribution >= 4 is 29.5 Å². The largest absolute Gasteiger partial charge is 0.497 e. The van der Waals surface area contributed by atoms with Crippen molar-refractivity contribution in [2.75, 3.05) is 20.0 Å². The van der Waals surface area contributed by atoms with Crippen molar-refractivity contribution in [1.82, 2.24) is 0 Å². The number of hydrogen-bond acceptors (Lipinski definition) is 5. The molecule has 5 heteroatoms. The lowest BCUT2D eigenvalue weighted by molar-refractivity contribution is -0.137. The molecular formula is C16H22O3S2. The summed E-state index contributed by atoms with van der Waals surface area (Å²) in [5, 5.41) is 1.08. The van der Waals surface area contributed by atoms with Crippen LogP contribution < -0.4 is 4.74 Å². The number of carbonyl (C=O) groups is 1. The molecule has 0 aliphatic heterocycles. The van der Waals surface area contributed by atoms with Crippen LogP contribution >= 0.6 is 23.5 Å². The van der Waals surface area contributed by atoms with E-state index in [0.717, 1.165) is 5.75 Å². The van der Waals surface area contributed by atoms with Gasteiger partial charge in [-0.15, -0.1) is 23.5 Å². The molecule has 2 atom stereocenters. The van der Waals surface area contributed by atoms with Gasteiger partial charge in [0, 0.05) is 15.4 Å². The number of methoxy groups -OCH3 is 2. The minimum atomic E-state index is -0.129. The summed E-state index contributed by atoms with van der Waals surface area (Å²) in [6.45, 7) is 0. The zero-order valence-electron chi connectivity index (χ0n) is 12.5. The summed E-state index contributed by atoms with van der Waals surface area (Å²) >= 11 is 3.65.